The van der Waals surface area contributed by atoms with Crippen LogP contribution in [-0.4, -0.2) is 11.9 Å². The summed E-state index contributed by atoms with van der Waals surface area (Å²) in [6, 6.07) is 59.0. The van der Waals surface area contributed by atoms with Gasteiger partial charge in [-0.25, -0.2) is 18.4 Å². The molecular weight excluding hydrogens is 779 g/mol. The number of halogens is 2. The minimum absolute atomic E-state index is 0.369. The van der Waals surface area contributed by atoms with E-state index in [0.29, 0.717) is 34.0 Å². The van der Waals surface area contributed by atoms with Crippen LogP contribution < -0.4 is 19.3 Å². The Morgan fingerprint density at radius 3 is 1.00 bits per heavy atom. The van der Waals surface area contributed by atoms with Crippen molar-refractivity contribution in [2.24, 2.45) is 0 Å². The summed E-state index contributed by atoms with van der Waals surface area (Å²) in [5.74, 6) is -1.20. The molecule has 0 aliphatic carbocycles. The molecule has 0 N–H and O–H groups in total. The van der Waals surface area contributed by atoms with Gasteiger partial charge in [-0.3, -0.25) is 0 Å². The zero-order valence-electron chi connectivity index (χ0n) is 33.3. The first-order chi connectivity index (χ1) is 30.3. The second-order valence-corrected chi connectivity index (χ2v) is 14.1. The molecule has 0 saturated heterocycles. The lowest BCUT2D eigenvalue weighted by Gasteiger charge is -2.27. The molecule has 8 aromatic carbocycles. The third-order valence-corrected chi connectivity index (χ3v) is 10.1. The van der Waals surface area contributed by atoms with E-state index < -0.39 is 23.6 Å². The van der Waals surface area contributed by atoms with Crippen LogP contribution in [0.3, 0.4) is 0 Å². The Labute approximate surface area is 358 Å². The maximum Gasteiger partial charge on any atom is 0.335 e. The highest BCUT2D eigenvalue weighted by atomic mass is 19.1. The summed E-state index contributed by atoms with van der Waals surface area (Å²) in [6.07, 6.45) is 2.19. The van der Waals surface area contributed by atoms with Crippen molar-refractivity contribution in [2.45, 2.75) is 0 Å². The fourth-order valence-electron chi connectivity index (χ4n) is 7.10. The third kappa shape index (κ3) is 8.95. The maximum absolute atomic E-state index is 16.2. The summed E-state index contributed by atoms with van der Waals surface area (Å²) in [5.41, 5.74) is 8.60. The largest absolute Gasteiger partial charge is 0.423 e. The molecule has 0 atom stereocenters. The molecule has 8 heteroatoms. The molecule has 302 valence electrons. The molecule has 0 aromatic heterocycles. The Kier molecular flexibility index (Phi) is 11.9. The summed E-state index contributed by atoms with van der Waals surface area (Å²) >= 11 is 0. The number of anilines is 6. The Hall–Kier alpha value is -8.36. The molecule has 6 nitrogen and oxygen atoms in total. The van der Waals surface area contributed by atoms with Crippen molar-refractivity contribution in [3.63, 3.8) is 0 Å². The SMILES string of the molecule is C=CC(=O)Oc1ccc(-c2ccc(N(c3ccccc3)c3ccc(-c4ccc(N(c5ccccc5)c5ccc(-c6ccc(OC(=O)C=C)cc6)cc5F)cc4)cc3)c(F)c2)cc1. The first-order valence-electron chi connectivity index (χ1n) is 19.7. The maximum atomic E-state index is 16.2. The average Bonchev–Trinajstić information content (AvgIpc) is 3.32. The quantitative estimate of drug-likeness (QED) is 0.0656. The Bertz CT molecular complexity index is 2670. The molecule has 0 saturated carbocycles. The molecule has 62 heavy (non-hydrogen) atoms. The van der Waals surface area contributed by atoms with Gasteiger partial charge in [0.25, 0.3) is 0 Å². The normalized spacial score (nSPS) is 10.7. The van der Waals surface area contributed by atoms with Gasteiger partial charge in [-0.15, -0.1) is 0 Å². The number of carbonyl (C=O) groups is 2. The van der Waals surface area contributed by atoms with Crippen LogP contribution in [0.15, 0.2) is 219 Å². The van der Waals surface area contributed by atoms with Gasteiger partial charge in [0.1, 0.15) is 23.1 Å². The summed E-state index contributed by atoms with van der Waals surface area (Å²) in [7, 11) is 0. The van der Waals surface area contributed by atoms with E-state index in [1.165, 1.54) is 12.1 Å². The lowest BCUT2D eigenvalue weighted by molar-refractivity contribution is -0.129. The smallest absolute Gasteiger partial charge is 0.335 e. The molecule has 0 heterocycles. The number of rotatable bonds is 13. The van der Waals surface area contributed by atoms with E-state index in [2.05, 4.69) is 13.2 Å². The zero-order valence-corrected chi connectivity index (χ0v) is 33.3. The van der Waals surface area contributed by atoms with Gasteiger partial charge in [-0.1, -0.05) is 110 Å². The highest BCUT2D eigenvalue weighted by Gasteiger charge is 2.20. The topological polar surface area (TPSA) is 59.1 Å². The van der Waals surface area contributed by atoms with Crippen molar-refractivity contribution in [2.75, 3.05) is 9.80 Å². The molecule has 0 amide bonds. The molecule has 0 bridgehead atoms. The van der Waals surface area contributed by atoms with Crippen molar-refractivity contribution in [3.05, 3.63) is 231 Å². The highest BCUT2D eigenvalue weighted by molar-refractivity contribution is 5.85. The van der Waals surface area contributed by atoms with E-state index in [4.69, 9.17) is 9.47 Å². The Balaban J connectivity index is 1.05. The van der Waals surface area contributed by atoms with E-state index in [1.54, 1.807) is 60.7 Å². The zero-order chi connectivity index (χ0) is 43.0. The number of hydrogen-bond acceptors (Lipinski definition) is 6. The van der Waals surface area contributed by atoms with Crippen LogP contribution in [0, 0.1) is 11.6 Å². The van der Waals surface area contributed by atoms with Crippen LogP contribution in [0.25, 0.3) is 33.4 Å². The van der Waals surface area contributed by atoms with Crippen molar-refractivity contribution < 1.29 is 27.8 Å². The standard InChI is InChI=1S/C54H38F2N2O4/c1-3-53(59)61-47-29-19-39(20-30-47)41-23-33-51(49(55)35-41)57(43-11-7-5-8-12-43)45-25-15-37(16-26-45)38-17-27-46(28-18-38)58(44-13-9-6-10-14-44)52-34-24-42(36-50(52)56)40-21-31-48(32-22-40)62-54(60)4-2/h3-36H,1-2H2. The Morgan fingerprint density at radius 2 is 0.677 bits per heavy atom. The molecule has 0 unspecified atom stereocenters. The first-order valence-corrected chi connectivity index (χ1v) is 19.7. The van der Waals surface area contributed by atoms with Gasteiger partial charge in [-0.05, 0) is 130 Å². The fourth-order valence-corrected chi connectivity index (χ4v) is 7.10. The monoisotopic (exact) mass is 816 g/mol. The van der Waals surface area contributed by atoms with E-state index in [0.717, 1.165) is 57.2 Å². The van der Waals surface area contributed by atoms with Gasteiger partial charge in [0.05, 0.1) is 11.4 Å². The summed E-state index contributed by atoms with van der Waals surface area (Å²) in [4.78, 5) is 26.9. The third-order valence-electron chi connectivity index (χ3n) is 10.1. The summed E-state index contributed by atoms with van der Waals surface area (Å²) in [5, 5.41) is 0. The van der Waals surface area contributed by atoms with Crippen molar-refractivity contribution in [1.82, 2.24) is 0 Å². The van der Waals surface area contributed by atoms with Crippen LogP contribution in [0.4, 0.5) is 42.9 Å². The second-order valence-electron chi connectivity index (χ2n) is 14.1. The van der Waals surface area contributed by atoms with Gasteiger partial charge in [0, 0.05) is 34.9 Å². The molecular formula is C54H38F2N2O4. The number of carbonyl (C=O) groups excluding carboxylic acids is 2. The van der Waals surface area contributed by atoms with Crippen molar-refractivity contribution in [1.29, 1.82) is 0 Å². The van der Waals surface area contributed by atoms with Gasteiger partial charge in [-0.2, -0.15) is 0 Å². The molecule has 0 fully saturated rings. The lowest BCUT2D eigenvalue weighted by atomic mass is 10.0. The van der Waals surface area contributed by atoms with Crippen LogP contribution in [-0.2, 0) is 9.59 Å². The number of hydrogen-bond donors (Lipinski definition) is 0. The van der Waals surface area contributed by atoms with E-state index >= 15 is 8.78 Å². The minimum Gasteiger partial charge on any atom is -0.423 e. The van der Waals surface area contributed by atoms with Gasteiger partial charge in [0.2, 0.25) is 0 Å². The molecule has 0 spiro atoms. The van der Waals surface area contributed by atoms with Crippen LogP contribution >= 0.6 is 0 Å². The summed E-state index contributed by atoms with van der Waals surface area (Å²) < 4.78 is 42.7. The number of esters is 2. The van der Waals surface area contributed by atoms with Crippen LogP contribution in [0.2, 0.25) is 0 Å². The highest BCUT2D eigenvalue weighted by Crippen LogP contribution is 2.41. The first kappa shape index (κ1) is 40.4. The molecule has 8 rings (SSSR count). The Morgan fingerprint density at radius 1 is 0.387 bits per heavy atom. The number of para-hydroxylation sites is 2. The average molecular weight is 817 g/mol. The lowest BCUT2D eigenvalue weighted by Crippen LogP contribution is -2.12. The van der Waals surface area contributed by atoms with Crippen molar-refractivity contribution >= 4 is 46.1 Å². The van der Waals surface area contributed by atoms with E-state index in [-0.39, 0.29) is 0 Å². The van der Waals surface area contributed by atoms with E-state index in [9.17, 15) is 9.59 Å². The number of nitrogens with zero attached hydrogens (tertiary/aromatic N) is 2. The predicted molar refractivity (Wildman–Crippen MR) is 244 cm³/mol. The summed E-state index contributed by atoms with van der Waals surface area (Å²) in [6.45, 7) is 6.84. The minimum atomic E-state index is -0.555. The molecule has 0 aliphatic heterocycles. The van der Waals surface area contributed by atoms with Gasteiger partial charge in [0.15, 0.2) is 0 Å². The van der Waals surface area contributed by atoms with Crippen LogP contribution in [0.5, 0.6) is 11.5 Å². The van der Waals surface area contributed by atoms with Crippen LogP contribution in [0.1, 0.15) is 0 Å². The number of benzene rings is 8. The van der Waals surface area contributed by atoms with E-state index in [1.807, 2.05) is 131 Å². The molecule has 0 radical (unpaired) electrons. The molecule has 0 aliphatic rings. The predicted octanol–water partition coefficient (Wildman–Crippen LogP) is 14.1. The second kappa shape index (κ2) is 18.3. The fraction of sp³-hybridized carbons (Fsp3) is 0. The molecule has 8 aromatic rings. The van der Waals surface area contributed by atoms with Gasteiger partial charge < -0.3 is 19.3 Å². The van der Waals surface area contributed by atoms with Crippen molar-refractivity contribution in [3.8, 4) is 44.9 Å². The number of ether oxygens (including phenoxy) is 2. The van der Waals surface area contributed by atoms with Gasteiger partial charge >= 0.3 is 11.9 Å².